The van der Waals surface area contributed by atoms with Crippen LogP contribution in [0.1, 0.15) is 61.9 Å². The van der Waals surface area contributed by atoms with Crippen LogP contribution in [0.3, 0.4) is 0 Å². The van der Waals surface area contributed by atoms with Crippen molar-refractivity contribution in [2.75, 3.05) is 11.0 Å². The third-order valence-corrected chi connectivity index (χ3v) is 12.9. The molecule has 0 bridgehead atoms. The van der Waals surface area contributed by atoms with Crippen molar-refractivity contribution in [3.63, 3.8) is 0 Å². The van der Waals surface area contributed by atoms with Gasteiger partial charge in [-0.15, -0.1) is 10.2 Å². The summed E-state index contributed by atoms with van der Waals surface area (Å²) in [5.74, 6) is -2.06. The lowest BCUT2D eigenvalue weighted by atomic mass is 9.93. The van der Waals surface area contributed by atoms with Gasteiger partial charge in [0.1, 0.15) is 11.6 Å². The first-order valence-electron chi connectivity index (χ1n) is 16.2. The van der Waals surface area contributed by atoms with Crippen LogP contribution in [-0.4, -0.2) is 74.4 Å². The number of sulfonamides is 1. The lowest BCUT2D eigenvalue weighted by molar-refractivity contribution is -0.121. The van der Waals surface area contributed by atoms with Gasteiger partial charge in [-0.05, 0) is 75.8 Å². The summed E-state index contributed by atoms with van der Waals surface area (Å²) in [6.45, 7) is 3.40. The number of nitrogens with one attached hydrogen (secondary N) is 3. The summed E-state index contributed by atoms with van der Waals surface area (Å²) in [5.41, 5.74) is 2.41. The molecule has 14 nitrogen and oxygen atoms in total. The molecular weight excluding hydrogens is 740 g/mol. The van der Waals surface area contributed by atoms with Crippen LogP contribution in [0.25, 0.3) is 22.0 Å². The maximum atomic E-state index is 14.5. The quantitative estimate of drug-likeness (QED) is 0.146. The topological polar surface area (TPSA) is 195 Å². The van der Waals surface area contributed by atoms with Gasteiger partial charge >= 0.3 is 0 Å². The number of carbonyl (C=O) groups is 1. The smallest absolute Gasteiger partial charge is 0.231 e. The molecular formula is C33H36ClF2N9O5S2. The lowest BCUT2D eigenvalue weighted by Gasteiger charge is -2.26. The van der Waals surface area contributed by atoms with E-state index in [2.05, 4.69) is 35.8 Å². The first kappa shape index (κ1) is 37.2. The highest BCUT2D eigenvalue weighted by molar-refractivity contribution is 7.93. The number of aryl methyl sites for hydroxylation is 2. The van der Waals surface area contributed by atoms with Crippen LogP contribution in [-0.2, 0) is 51.0 Å². The largest absolute Gasteiger partial charge is 0.347 e. The Morgan fingerprint density at radius 2 is 1.77 bits per heavy atom. The van der Waals surface area contributed by atoms with Crippen molar-refractivity contribution < 1.29 is 30.4 Å². The van der Waals surface area contributed by atoms with Gasteiger partial charge in [0.2, 0.25) is 15.9 Å². The van der Waals surface area contributed by atoms with Crippen molar-refractivity contribution >= 4 is 54.1 Å². The van der Waals surface area contributed by atoms with Crippen LogP contribution in [0.5, 0.6) is 0 Å². The molecule has 1 fully saturated rings. The Labute approximate surface area is 303 Å². The van der Waals surface area contributed by atoms with E-state index in [1.54, 1.807) is 45.2 Å². The number of hydrogen-bond acceptors (Lipinski definition) is 10. The molecule has 52 heavy (non-hydrogen) atoms. The van der Waals surface area contributed by atoms with Crippen LogP contribution < -0.4 is 10.0 Å². The molecule has 3 N–H and O–H groups in total. The number of benzene rings is 2. The monoisotopic (exact) mass is 775 g/mol. The second kappa shape index (κ2) is 14.1. The van der Waals surface area contributed by atoms with Crippen LogP contribution in [0.15, 0.2) is 42.5 Å². The van der Waals surface area contributed by atoms with Gasteiger partial charge in [-0.3, -0.25) is 19.2 Å². The third-order valence-electron chi connectivity index (χ3n) is 8.94. The van der Waals surface area contributed by atoms with Crippen molar-refractivity contribution in [1.82, 2.24) is 40.7 Å². The Morgan fingerprint density at radius 1 is 1.08 bits per heavy atom. The summed E-state index contributed by atoms with van der Waals surface area (Å²) in [6, 6.07) is 8.80. The number of sulfone groups is 1. The fourth-order valence-corrected chi connectivity index (χ4v) is 9.00. The number of carbonyl (C=O) groups excluding carboxylic acids is 1. The van der Waals surface area contributed by atoms with E-state index in [0.29, 0.717) is 40.6 Å². The van der Waals surface area contributed by atoms with E-state index < -0.39 is 48.2 Å². The van der Waals surface area contributed by atoms with E-state index in [9.17, 15) is 30.4 Å². The molecule has 276 valence electrons. The van der Waals surface area contributed by atoms with Gasteiger partial charge < -0.3 is 5.32 Å². The van der Waals surface area contributed by atoms with Crippen molar-refractivity contribution in [2.45, 2.75) is 68.4 Å². The molecule has 3 heterocycles. The minimum atomic E-state index is -3.75. The minimum Gasteiger partial charge on any atom is -0.347 e. The highest BCUT2D eigenvalue weighted by atomic mass is 35.5. The number of anilines is 1. The Kier molecular flexibility index (Phi) is 10.1. The van der Waals surface area contributed by atoms with Crippen molar-refractivity contribution in [1.29, 1.82) is 0 Å². The predicted octanol–water partition coefficient (Wildman–Crippen LogP) is 4.38. The number of aromatic amines is 1. The molecule has 0 spiro atoms. The molecule has 6 rings (SSSR count). The van der Waals surface area contributed by atoms with Gasteiger partial charge in [-0.1, -0.05) is 28.9 Å². The summed E-state index contributed by atoms with van der Waals surface area (Å²) < 4.78 is 82.6. The summed E-state index contributed by atoms with van der Waals surface area (Å²) in [6.07, 6.45) is 2.39. The maximum Gasteiger partial charge on any atom is 0.231 e. The summed E-state index contributed by atoms with van der Waals surface area (Å²) in [4.78, 5) is 18.5. The highest BCUT2D eigenvalue weighted by Crippen LogP contribution is 2.41. The molecule has 1 amide bonds. The molecule has 2 aromatic carbocycles. The average Bonchev–Trinajstić information content (AvgIpc) is 3.71. The fraction of sp³-hybridized carbons (Fsp3) is 0.394. The zero-order valence-corrected chi connectivity index (χ0v) is 31.0. The number of halogens is 3. The number of H-pyrrole nitrogens is 1. The number of tetrazole rings is 1. The predicted molar refractivity (Wildman–Crippen MR) is 191 cm³/mol. The van der Waals surface area contributed by atoms with E-state index in [4.69, 9.17) is 16.6 Å². The second-order valence-electron chi connectivity index (χ2n) is 13.5. The van der Waals surface area contributed by atoms with Crippen molar-refractivity contribution in [2.24, 2.45) is 7.05 Å². The molecule has 19 heteroatoms. The zero-order valence-electron chi connectivity index (χ0n) is 28.6. The standard InChI is InChI=1S/C33H36ClF2N9O5S2/c1-33(2,52(49,50)22-6-7-22)12-11-21-5-8-23(24-9-10-25(34)29-31(24)45(3)41-32(29)42-51(4,47)48)30(37-21)26(15-18-13-19(35)16-20(36)14-18)38-28(46)17-27-39-43-44-40-27/h5,8-10,13-14,16,22,26H,6-7,11-12,15,17H2,1-4H3,(H,38,46)(H,41,42)(H,39,40,43,44)/t26-/m0/s1. The number of hydrogen-bond donors (Lipinski definition) is 3. The first-order chi connectivity index (χ1) is 24.4. The normalized spacial score (nSPS) is 14.4. The molecule has 1 atom stereocenters. The number of nitrogens with zero attached hydrogens (tertiary/aromatic N) is 6. The zero-order chi connectivity index (χ0) is 37.6. The second-order valence-corrected chi connectivity index (χ2v) is 18.5. The van der Waals surface area contributed by atoms with E-state index in [-0.39, 0.29) is 58.9 Å². The maximum absolute atomic E-state index is 14.5. The van der Waals surface area contributed by atoms with Gasteiger partial charge in [-0.2, -0.15) is 10.3 Å². The Balaban J connectivity index is 1.51. The lowest BCUT2D eigenvalue weighted by Crippen LogP contribution is -2.35. The molecule has 0 unspecified atom stereocenters. The molecule has 1 saturated carbocycles. The Morgan fingerprint density at radius 3 is 2.40 bits per heavy atom. The molecule has 5 aromatic rings. The molecule has 0 radical (unpaired) electrons. The number of amides is 1. The highest BCUT2D eigenvalue weighted by Gasteiger charge is 2.45. The number of pyridine rings is 1. The first-order valence-corrected chi connectivity index (χ1v) is 20.1. The van der Waals surface area contributed by atoms with Gasteiger partial charge in [0.15, 0.2) is 21.5 Å². The van der Waals surface area contributed by atoms with Crippen LogP contribution in [0, 0.1) is 11.6 Å². The molecule has 0 aliphatic heterocycles. The number of fused-ring (bicyclic) bond motifs is 1. The van der Waals surface area contributed by atoms with Gasteiger partial charge in [0.25, 0.3) is 0 Å². The van der Waals surface area contributed by atoms with Crippen molar-refractivity contribution in [3.8, 4) is 11.1 Å². The van der Waals surface area contributed by atoms with Crippen LogP contribution in [0.4, 0.5) is 14.6 Å². The molecule has 1 aliphatic carbocycles. The Bertz CT molecular complexity index is 2360. The van der Waals surface area contributed by atoms with E-state index in [1.165, 1.54) is 4.68 Å². The van der Waals surface area contributed by atoms with Gasteiger partial charge in [0.05, 0.1) is 50.3 Å². The minimum absolute atomic E-state index is 0.00252. The fourth-order valence-electron chi connectivity index (χ4n) is 6.22. The number of rotatable bonds is 14. The van der Waals surface area contributed by atoms with Crippen LogP contribution in [0.2, 0.25) is 5.02 Å². The molecule has 3 aromatic heterocycles. The Hall–Kier alpha value is -4.55. The van der Waals surface area contributed by atoms with Gasteiger partial charge in [-0.25, -0.2) is 25.6 Å². The van der Waals surface area contributed by atoms with Gasteiger partial charge in [0, 0.05) is 29.9 Å². The van der Waals surface area contributed by atoms with E-state index in [1.807, 2.05) is 0 Å². The van der Waals surface area contributed by atoms with E-state index in [0.717, 1.165) is 24.5 Å². The third kappa shape index (κ3) is 8.08. The number of aromatic nitrogens is 7. The molecule has 1 aliphatic rings. The van der Waals surface area contributed by atoms with Crippen LogP contribution >= 0.6 is 11.6 Å². The summed E-state index contributed by atoms with van der Waals surface area (Å²) in [7, 11) is -5.53. The summed E-state index contributed by atoms with van der Waals surface area (Å²) in [5, 5.41) is 20.9. The van der Waals surface area contributed by atoms with Crippen molar-refractivity contribution in [3.05, 3.63) is 81.9 Å². The average molecular weight is 776 g/mol. The van der Waals surface area contributed by atoms with E-state index >= 15 is 0 Å². The SMILES string of the molecule is Cn1nc(NS(C)(=O)=O)c2c(Cl)ccc(-c3ccc(CCC(C)(C)S(=O)(=O)C4CC4)nc3[C@H](Cc3cc(F)cc(F)c3)NC(=O)Cc3nn[nH]n3)c21. The molecule has 0 saturated heterocycles. The summed E-state index contributed by atoms with van der Waals surface area (Å²) >= 11 is 6.61.